The van der Waals surface area contributed by atoms with Crippen molar-refractivity contribution in [2.75, 3.05) is 7.11 Å². The van der Waals surface area contributed by atoms with Gasteiger partial charge in [0.1, 0.15) is 0 Å². The molecule has 0 fully saturated rings. The van der Waals surface area contributed by atoms with Gasteiger partial charge in [0.05, 0.1) is 23.9 Å². The third kappa shape index (κ3) is 2.16. The molecule has 3 aromatic rings. The van der Waals surface area contributed by atoms with Crippen LogP contribution in [0.25, 0.3) is 16.6 Å². The standard InChI is InChI=1S/C16H14N2O2/c1-11-3-6-14(7-4-11)18-10-13-9-12(16(19)20-2)5-8-15(13)17-18/h3-10H,1-2H3. The molecule has 4 nitrogen and oxygen atoms in total. The molecule has 3 rings (SSSR count). The zero-order valence-electron chi connectivity index (χ0n) is 11.3. The number of nitrogens with zero attached hydrogens (tertiary/aromatic N) is 2. The van der Waals surface area contributed by atoms with E-state index in [2.05, 4.69) is 5.10 Å². The lowest BCUT2D eigenvalue weighted by Crippen LogP contribution is -2.00. The van der Waals surface area contributed by atoms with Gasteiger partial charge in [-0.2, -0.15) is 5.10 Å². The van der Waals surface area contributed by atoms with E-state index in [0.29, 0.717) is 5.56 Å². The molecule has 0 radical (unpaired) electrons. The lowest BCUT2D eigenvalue weighted by molar-refractivity contribution is 0.0601. The molecule has 0 aliphatic heterocycles. The lowest BCUT2D eigenvalue weighted by Gasteiger charge is -2.00. The highest BCUT2D eigenvalue weighted by Crippen LogP contribution is 2.18. The van der Waals surface area contributed by atoms with Gasteiger partial charge in [0.25, 0.3) is 0 Å². The first-order chi connectivity index (χ1) is 9.67. The number of aromatic nitrogens is 2. The Morgan fingerprint density at radius 2 is 1.90 bits per heavy atom. The maximum atomic E-state index is 11.5. The average molecular weight is 266 g/mol. The lowest BCUT2D eigenvalue weighted by atomic mass is 10.1. The van der Waals surface area contributed by atoms with E-state index in [0.717, 1.165) is 16.6 Å². The number of carbonyl (C=O) groups is 1. The Morgan fingerprint density at radius 1 is 1.15 bits per heavy atom. The van der Waals surface area contributed by atoms with E-state index >= 15 is 0 Å². The first kappa shape index (κ1) is 12.4. The fourth-order valence-corrected chi connectivity index (χ4v) is 2.10. The number of hydrogen-bond acceptors (Lipinski definition) is 3. The van der Waals surface area contributed by atoms with Gasteiger partial charge in [0, 0.05) is 11.6 Å². The molecule has 1 heterocycles. The molecule has 20 heavy (non-hydrogen) atoms. The van der Waals surface area contributed by atoms with Crippen molar-refractivity contribution >= 4 is 16.9 Å². The number of aryl methyl sites for hydroxylation is 1. The summed E-state index contributed by atoms with van der Waals surface area (Å²) in [5, 5.41) is 5.41. The molecule has 0 saturated heterocycles. The summed E-state index contributed by atoms with van der Waals surface area (Å²) in [5.41, 5.74) is 3.58. The van der Waals surface area contributed by atoms with Gasteiger partial charge in [-0.25, -0.2) is 9.48 Å². The summed E-state index contributed by atoms with van der Waals surface area (Å²) in [6, 6.07) is 13.5. The number of fused-ring (bicyclic) bond motifs is 1. The number of esters is 1. The highest BCUT2D eigenvalue weighted by atomic mass is 16.5. The molecule has 0 spiro atoms. The number of methoxy groups -OCH3 is 1. The topological polar surface area (TPSA) is 44.1 Å². The molecular formula is C16H14N2O2. The molecule has 0 unspecified atom stereocenters. The molecule has 4 heteroatoms. The van der Waals surface area contributed by atoms with E-state index in [1.165, 1.54) is 12.7 Å². The van der Waals surface area contributed by atoms with Gasteiger partial charge in [-0.05, 0) is 37.3 Å². The van der Waals surface area contributed by atoms with Gasteiger partial charge < -0.3 is 4.74 Å². The van der Waals surface area contributed by atoms with E-state index in [1.807, 2.05) is 48.1 Å². The van der Waals surface area contributed by atoms with Crippen molar-refractivity contribution in [3.63, 3.8) is 0 Å². The third-order valence-corrected chi connectivity index (χ3v) is 3.22. The summed E-state index contributed by atoms with van der Waals surface area (Å²) in [7, 11) is 1.38. The Labute approximate surface area is 116 Å². The van der Waals surface area contributed by atoms with Crippen LogP contribution in [-0.2, 0) is 4.74 Å². The van der Waals surface area contributed by atoms with Crippen LogP contribution in [-0.4, -0.2) is 22.9 Å². The van der Waals surface area contributed by atoms with E-state index in [4.69, 9.17) is 4.74 Å². The molecule has 0 bridgehead atoms. The minimum atomic E-state index is -0.338. The van der Waals surface area contributed by atoms with Gasteiger partial charge in [0.15, 0.2) is 0 Å². The van der Waals surface area contributed by atoms with Crippen molar-refractivity contribution in [1.82, 2.24) is 9.78 Å². The molecule has 0 amide bonds. The molecular weight excluding hydrogens is 252 g/mol. The smallest absolute Gasteiger partial charge is 0.337 e. The van der Waals surface area contributed by atoms with Crippen LogP contribution in [0.2, 0.25) is 0 Å². The predicted molar refractivity (Wildman–Crippen MR) is 77.1 cm³/mol. The maximum Gasteiger partial charge on any atom is 0.337 e. The molecule has 0 N–H and O–H groups in total. The van der Waals surface area contributed by atoms with Gasteiger partial charge in [-0.1, -0.05) is 17.7 Å². The Hall–Kier alpha value is -2.62. The van der Waals surface area contributed by atoms with Crippen LogP contribution in [0.3, 0.4) is 0 Å². The second-order valence-electron chi connectivity index (χ2n) is 4.67. The Balaban J connectivity index is 2.06. The van der Waals surface area contributed by atoms with Gasteiger partial charge in [0.2, 0.25) is 0 Å². The minimum Gasteiger partial charge on any atom is -0.465 e. The average Bonchev–Trinajstić information content (AvgIpc) is 2.90. The quantitative estimate of drug-likeness (QED) is 0.669. The predicted octanol–water partition coefficient (Wildman–Crippen LogP) is 3.12. The van der Waals surface area contributed by atoms with E-state index in [-0.39, 0.29) is 5.97 Å². The van der Waals surface area contributed by atoms with Crippen molar-refractivity contribution in [1.29, 1.82) is 0 Å². The first-order valence-electron chi connectivity index (χ1n) is 6.32. The highest BCUT2D eigenvalue weighted by molar-refractivity contribution is 5.94. The second kappa shape index (κ2) is 4.81. The van der Waals surface area contributed by atoms with Crippen LogP contribution in [0.15, 0.2) is 48.7 Å². The minimum absolute atomic E-state index is 0.338. The van der Waals surface area contributed by atoms with E-state index in [9.17, 15) is 4.79 Å². The molecule has 0 aliphatic carbocycles. The molecule has 0 aliphatic rings. The van der Waals surface area contributed by atoms with Crippen LogP contribution in [0.5, 0.6) is 0 Å². The zero-order chi connectivity index (χ0) is 14.1. The summed E-state index contributed by atoms with van der Waals surface area (Å²) >= 11 is 0. The number of benzene rings is 2. The number of ether oxygens (including phenoxy) is 1. The van der Waals surface area contributed by atoms with Crippen LogP contribution < -0.4 is 0 Å². The number of hydrogen-bond donors (Lipinski definition) is 0. The van der Waals surface area contributed by atoms with Crippen molar-refractivity contribution in [2.24, 2.45) is 0 Å². The Kier molecular flexibility index (Phi) is 2.99. The molecule has 100 valence electrons. The summed E-state index contributed by atoms with van der Waals surface area (Å²) in [6.45, 7) is 2.05. The first-order valence-corrected chi connectivity index (χ1v) is 6.32. The Bertz CT molecular complexity index is 773. The fraction of sp³-hybridized carbons (Fsp3) is 0.125. The zero-order valence-corrected chi connectivity index (χ0v) is 11.3. The van der Waals surface area contributed by atoms with E-state index in [1.54, 1.807) is 12.1 Å². The van der Waals surface area contributed by atoms with Crippen LogP contribution >= 0.6 is 0 Å². The summed E-state index contributed by atoms with van der Waals surface area (Å²) in [6.07, 6.45) is 1.91. The van der Waals surface area contributed by atoms with Crippen molar-refractivity contribution < 1.29 is 9.53 Å². The van der Waals surface area contributed by atoms with Crippen LogP contribution in [0.1, 0.15) is 15.9 Å². The SMILES string of the molecule is COC(=O)c1ccc2nn(-c3ccc(C)cc3)cc2c1. The van der Waals surface area contributed by atoms with Gasteiger partial charge in [-0.15, -0.1) is 0 Å². The van der Waals surface area contributed by atoms with Crippen molar-refractivity contribution in [2.45, 2.75) is 6.92 Å². The molecule has 0 saturated carbocycles. The summed E-state index contributed by atoms with van der Waals surface area (Å²) in [5.74, 6) is -0.338. The van der Waals surface area contributed by atoms with Crippen molar-refractivity contribution in [3.8, 4) is 5.69 Å². The van der Waals surface area contributed by atoms with Crippen LogP contribution in [0.4, 0.5) is 0 Å². The molecule has 1 aromatic heterocycles. The Morgan fingerprint density at radius 3 is 2.60 bits per heavy atom. The third-order valence-electron chi connectivity index (χ3n) is 3.22. The molecule has 2 aromatic carbocycles. The normalized spacial score (nSPS) is 10.7. The fourth-order valence-electron chi connectivity index (χ4n) is 2.10. The highest BCUT2D eigenvalue weighted by Gasteiger charge is 2.08. The molecule has 0 atom stereocenters. The van der Waals surface area contributed by atoms with Crippen molar-refractivity contribution in [3.05, 3.63) is 59.8 Å². The number of rotatable bonds is 2. The van der Waals surface area contributed by atoms with Crippen LogP contribution in [0, 0.1) is 6.92 Å². The second-order valence-corrected chi connectivity index (χ2v) is 4.67. The monoisotopic (exact) mass is 266 g/mol. The summed E-state index contributed by atoms with van der Waals surface area (Å²) in [4.78, 5) is 11.5. The maximum absolute atomic E-state index is 11.5. The van der Waals surface area contributed by atoms with Gasteiger partial charge >= 0.3 is 5.97 Å². The number of carbonyl (C=O) groups excluding carboxylic acids is 1. The summed E-state index contributed by atoms with van der Waals surface area (Å²) < 4.78 is 6.53. The van der Waals surface area contributed by atoms with E-state index < -0.39 is 0 Å². The van der Waals surface area contributed by atoms with Gasteiger partial charge in [-0.3, -0.25) is 0 Å². The largest absolute Gasteiger partial charge is 0.465 e.